The van der Waals surface area contributed by atoms with E-state index in [1.54, 1.807) is 0 Å². The summed E-state index contributed by atoms with van der Waals surface area (Å²) >= 11 is 0. The van der Waals surface area contributed by atoms with Crippen LogP contribution in [0.1, 0.15) is 5.56 Å². The normalized spacial score (nSPS) is 10.3. The van der Waals surface area contributed by atoms with E-state index in [1.165, 1.54) is 0 Å². The lowest BCUT2D eigenvalue weighted by Gasteiger charge is -2.11. The summed E-state index contributed by atoms with van der Waals surface area (Å²) in [6.45, 7) is 0.467. The molecule has 0 aliphatic rings. The largest absolute Gasteiger partial charge is 0.399 e. The zero-order chi connectivity index (χ0) is 11.5. The van der Waals surface area contributed by atoms with E-state index in [-0.39, 0.29) is 0 Å². The Morgan fingerprint density at radius 3 is 2.38 bits per heavy atom. The summed E-state index contributed by atoms with van der Waals surface area (Å²) < 4.78 is 0. The van der Waals surface area contributed by atoms with Crippen LogP contribution in [0.15, 0.2) is 42.5 Å². The molecular formula is C13H15N3. The first kappa shape index (κ1) is 10.5. The van der Waals surface area contributed by atoms with E-state index in [4.69, 9.17) is 17.2 Å². The molecule has 0 spiro atoms. The van der Waals surface area contributed by atoms with Crippen molar-refractivity contribution in [2.75, 3.05) is 11.5 Å². The third-order valence-electron chi connectivity index (χ3n) is 2.58. The minimum Gasteiger partial charge on any atom is -0.399 e. The Morgan fingerprint density at radius 1 is 0.938 bits per heavy atom. The summed E-state index contributed by atoms with van der Waals surface area (Å²) in [5.74, 6) is 0. The highest BCUT2D eigenvalue weighted by Crippen LogP contribution is 2.30. The van der Waals surface area contributed by atoms with Crippen molar-refractivity contribution in [2.45, 2.75) is 6.54 Å². The lowest BCUT2D eigenvalue weighted by atomic mass is 9.97. The van der Waals surface area contributed by atoms with E-state index in [2.05, 4.69) is 0 Å². The van der Waals surface area contributed by atoms with Crippen LogP contribution in [0.4, 0.5) is 11.4 Å². The van der Waals surface area contributed by atoms with Crippen LogP contribution in [-0.2, 0) is 6.54 Å². The number of benzene rings is 2. The maximum absolute atomic E-state index is 5.98. The molecule has 6 N–H and O–H groups in total. The Balaban J connectivity index is 2.63. The fourth-order valence-electron chi connectivity index (χ4n) is 1.84. The molecule has 3 heteroatoms. The fourth-order valence-corrected chi connectivity index (χ4v) is 1.84. The highest BCUT2D eigenvalue weighted by Gasteiger charge is 2.07. The van der Waals surface area contributed by atoms with Crippen molar-refractivity contribution in [3.8, 4) is 11.1 Å². The molecule has 3 nitrogen and oxygen atoms in total. The van der Waals surface area contributed by atoms with Crippen molar-refractivity contribution in [3.05, 3.63) is 48.0 Å². The molecule has 0 saturated carbocycles. The number of hydrogen-bond donors (Lipinski definition) is 3. The SMILES string of the molecule is NCc1cccc(N)c1-c1cccc(N)c1. The first-order valence-corrected chi connectivity index (χ1v) is 5.15. The number of nitrogen functional groups attached to an aromatic ring is 2. The summed E-state index contributed by atoms with van der Waals surface area (Å²) in [7, 11) is 0. The molecule has 2 aromatic rings. The molecule has 0 heterocycles. The Bertz CT molecular complexity index is 506. The number of nitrogens with two attached hydrogens (primary N) is 3. The topological polar surface area (TPSA) is 78.1 Å². The van der Waals surface area contributed by atoms with E-state index < -0.39 is 0 Å². The van der Waals surface area contributed by atoms with Gasteiger partial charge in [-0.3, -0.25) is 0 Å². The van der Waals surface area contributed by atoms with E-state index in [0.29, 0.717) is 6.54 Å². The minimum absolute atomic E-state index is 0.467. The second-order valence-corrected chi connectivity index (χ2v) is 3.71. The molecule has 0 bridgehead atoms. The molecule has 0 amide bonds. The lowest BCUT2D eigenvalue weighted by molar-refractivity contribution is 1.07. The molecule has 0 aromatic heterocycles. The summed E-state index contributed by atoms with van der Waals surface area (Å²) in [6.07, 6.45) is 0. The standard InChI is InChI=1S/C13H15N3/c14-8-10-4-2-6-12(16)13(10)9-3-1-5-11(15)7-9/h1-7H,8,14-16H2. The molecule has 0 unspecified atom stereocenters. The predicted octanol–water partition coefficient (Wildman–Crippen LogP) is 1.98. The second kappa shape index (κ2) is 4.24. The van der Waals surface area contributed by atoms with E-state index in [0.717, 1.165) is 28.1 Å². The average Bonchev–Trinajstić information content (AvgIpc) is 2.28. The van der Waals surface area contributed by atoms with Crippen LogP contribution >= 0.6 is 0 Å². The lowest BCUT2D eigenvalue weighted by Crippen LogP contribution is -2.02. The highest BCUT2D eigenvalue weighted by molar-refractivity contribution is 5.80. The third kappa shape index (κ3) is 1.85. The molecule has 0 atom stereocenters. The second-order valence-electron chi connectivity index (χ2n) is 3.71. The van der Waals surface area contributed by atoms with Gasteiger partial charge in [0.05, 0.1) is 0 Å². The minimum atomic E-state index is 0.467. The first-order chi connectivity index (χ1) is 7.72. The van der Waals surface area contributed by atoms with Crippen LogP contribution in [0.5, 0.6) is 0 Å². The smallest absolute Gasteiger partial charge is 0.0397 e. The maximum atomic E-state index is 5.98. The zero-order valence-electron chi connectivity index (χ0n) is 8.98. The average molecular weight is 213 g/mol. The molecular weight excluding hydrogens is 198 g/mol. The van der Waals surface area contributed by atoms with Gasteiger partial charge in [0, 0.05) is 23.5 Å². The van der Waals surface area contributed by atoms with Crippen LogP contribution in [0, 0.1) is 0 Å². The van der Waals surface area contributed by atoms with Crippen molar-refractivity contribution in [1.82, 2.24) is 0 Å². The summed E-state index contributed by atoms with van der Waals surface area (Å²) in [6, 6.07) is 13.4. The third-order valence-corrected chi connectivity index (χ3v) is 2.58. The molecule has 0 aliphatic carbocycles. The van der Waals surface area contributed by atoms with Crippen LogP contribution in [-0.4, -0.2) is 0 Å². The van der Waals surface area contributed by atoms with Gasteiger partial charge >= 0.3 is 0 Å². The van der Waals surface area contributed by atoms with Crippen molar-refractivity contribution in [3.63, 3.8) is 0 Å². The zero-order valence-corrected chi connectivity index (χ0v) is 8.98. The van der Waals surface area contributed by atoms with Gasteiger partial charge in [-0.1, -0.05) is 24.3 Å². The monoisotopic (exact) mass is 213 g/mol. The Morgan fingerprint density at radius 2 is 1.69 bits per heavy atom. The molecule has 0 saturated heterocycles. The fraction of sp³-hybridized carbons (Fsp3) is 0.0769. The quantitative estimate of drug-likeness (QED) is 0.667. The van der Waals surface area contributed by atoms with Crippen LogP contribution in [0.3, 0.4) is 0 Å². The van der Waals surface area contributed by atoms with Gasteiger partial charge < -0.3 is 17.2 Å². The van der Waals surface area contributed by atoms with E-state index in [1.807, 2.05) is 42.5 Å². The van der Waals surface area contributed by atoms with Crippen molar-refractivity contribution >= 4 is 11.4 Å². The van der Waals surface area contributed by atoms with E-state index in [9.17, 15) is 0 Å². The Labute approximate surface area is 94.9 Å². The molecule has 0 aliphatic heterocycles. The van der Waals surface area contributed by atoms with Gasteiger partial charge in [0.1, 0.15) is 0 Å². The Hall–Kier alpha value is -2.00. The van der Waals surface area contributed by atoms with Gasteiger partial charge in [0.25, 0.3) is 0 Å². The predicted molar refractivity (Wildman–Crippen MR) is 68.6 cm³/mol. The summed E-state index contributed by atoms with van der Waals surface area (Å²) in [4.78, 5) is 0. The van der Waals surface area contributed by atoms with Gasteiger partial charge in [-0.05, 0) is 29.3 Å². The molecule has 0 radical (unpaired) electrons. The molecule has 2 aromatic carbocycles. The summed E-state index contributed by atoms with van der Waals surface area (Å²) in [5.41, 5.74) is 21.9. The van der Waals surface area contributed by atoms with E-state index >= 15 is 0 Å². The van der Waals surface area contributed by atoms with Gasteiger partial charge in [-0.15, -0.1) is 0 Å². The first-order valence-electron chi connectivity index (χ1n) is 5.15. The van der Waals surface area contributed by atoms with Crippen LogP contribution in [0.2, 0.25) is 0 Å². The van der Waals surface area contributed by atoms with Crippen molar-refractivity contribution < 1.29 is 0 Å². The van der Waals surface area contributed by atoms with Gasteiger partial charge in [-0.25, -0.2) is 0 Å². The summed E-state index contributed by atoms with van der Waals surface area (Å²) in [5, 5.41) is 0. The molecule has 82 valence electrons. The Kier molecular flexibility index (Phi) is 2.79. The number of rotatable bonds is 2. The number of hydrogen-bond acceptors (Lipinski definition) is 3. The van der Waals surface area contributed by atoms with Gasteiger partial charge in [0.15, 0.2) is 0 Å². The van der Waals surface area contributed by atoms with Crippen molar-refractivity contribution in [1.29, 1.82) is 0 Å². The highest BCUT2D eigenvalue weighted by atomic mass is 14.6. The number of anilines is 2. The van der Waals surface area contributed by atoms with Crippen LogP contribution < -0.4 is 17.2 Å². The van der Waals surface area contributed by atoms with Crippen LogP contribution in [0.25, 0.3) is 11.1 Å². The molecule has 0 fully saturated rings. The van der Waals surface area contributed by atoms with Gasteiger partial charge in [0.2, 0.25) is 0 Å². The molecule has 2 rings (SSSR count). The molecule has 16 heavy (non-hydrogen) atoms. The maximum Gasteiger partial charge on any atom is 0.0397 e. The van der Waals surface area contributed by atoms with Gasteiger partial charge in [-0.2, -0.15) is 0 Å². The van der Waals surface area contributed by atoms with Crippen molar-refractivity contribution in [2.24, 2.45) is 5.73 Å².